The van der Waals surface area contributed by atoms with Gasteiger partial charge in [0.15, 0.2) is 11.5 Å². The van der Waals surface area contributed by atoms with Gasteiger partial charge < -0.3 is 14.7 Å². The number of hydrogen-bond donors (Lipinski definition) is 1. The van der Waals surface area contributed by atoms with Gasteiger partial charge >= 0.3 is 0 Å². The molecule has 0 radical (unpaired) electrons. The Labute approximate surface area is 117 Å². The minimum atomic E-state index is -0.0615. The van der Waals surface area contributed by atoms with Gasteiger partial charge in [0.1, 0.15) is 0 Å². The average molecular weight is 271 g/mol. The van der Waals surface area contributed by atoms with Crippen LogP contribution in [0.2, 0.25) is 0 Å². The van der Waals surface area contributed by atoms with Gasteiger partial charge in [-0.1, -0.05) is 35.0 Å². The first-order valence-electron chi connectivity index (χ1n) is 6.78. The monoisotopic (exact) mass is 271 g/mol. The van der Waals surface area contributed by atoms with E-state index in [0.717, 1.165) is 18.7 Å². The summed E-state index contributed by atoms with van der Waals surface area (Å²) >= 11 is 0. The lowest BCUT2D eigenvalue weighted by molar-refractivity contribution is 0.0725. The molecule has 5 heteroatoms. The van der Waals surface area contributed by atoms with Crippen LogP contribution in [0, 0.1) is 6.92 Å². The van der Waals surface area contributed by atoms with E-state index < -0.39 is 0 Å². The van der Waals surface area contributed by atoms with E-state index in [4.69, 9.17) is 4.52 Å². The predicted octanol–water partition coefficient (Wildman–Crippen LogP) is 1.70. The third kappa shape index (κ3) is 2.58. The van der Waals surface area contributed by atoms with Gasteiger partial charge in [-0.25, -0.2) is 0 Å². The van der Waals surface area contributed by atoms with Crippen LogP contribution < -0.4 is 5.32 Å². The highest BCUT2D eigenvalue weighted by molar-refractivity contribution is 5.93. The van der Waals surface area contributed by atoms with Gasteiger partial charge in [-0.3, -0.25) is 4.79 Å². The van der Waals surface area contributed by atoms with Crippen molar-refractivity contribution in [1.29, 1.82) is 0 Å². The third-order valence-corrected chi connectivity index (χ3v) is 3.47. The van der Waals surface area contributed by atoms with Gasteiger partial charge in [0.05, 0.1) is 0 Å². The summed E-state index contributed by atoms with van der Waals surface area (Å²) in [5.74, 6) is 0.567. The number of rotatable bonds is 2. The summed E-state index contributed by atoms with van der Waals surface area (Å²) in [6.45, 7) is 5.11. The molecule has 104 valence electrons. The van der Waals surface area contributed by atoms with Gasteiger partial charge in [-0.15, -0.1) is 0 Å². The standard InChI is InChI=1S/C15H17N3O2/c1-11-2-4-12(5-3-11)14-10-13(17-20-14)15(19)18-8-6-16-7-9-18/h2-5,10,16H,6-9H2,1H3. The van der Waals surface area contributed by atoms with Crippen molar-refractivity contribution in [2.24, 2.45) is 0 Å². The van der Waals surface area contributed by atoms with E-state index in [-0.39, 0.29) is 5.91 Å². The first-order valence-corrected chi connectivity index (χ1v) is 6.78. The Morgan fingerprint density at radius 2 is 1.95 bits per heavy atom. The Bertz CT molecular complexity index is 598. The number of carbonyl (C=O) groups excluding carboxylic acids is 1. The van der Waals surface area contributed by atoms with E-state index in [9.17, 15) is 4.79 Å². The second-order valence-electron chi connectivity index (χ2n) is 4.98. The Balaban J connectivity index is 1.79. The number of carbonyl (C=O) groups is 1. The molecule has 1 aliphatic heterocycles. The van der Waals surface area contributed by atoms with Crippen LogP contribution in [0.5, 0.6) is 0 Å². The summed E-state index contributed by atoms with van der Waals surface area (Å²) in [4.78, 5) is 14.1. The van der Waals surface area contributed by atoms with E-state index in [1.807, 2.05) is 31.2 Å². The Morgan fingerprint density at radius 3 is 2.65 bits per heavy atom. The normalized spacial score (nSPS) is 15.3. The van der Waals surface area contributed by atoms with Gasteiger partial charge in [0.25, 0.3) is 5.91 Å². The number of hydrogen-bond acceptors (Lipinski definition) is 4. The molecule has 0 atom stereocenters. The summed E-state index contributed by atoms with van der Waals surface area (Å²) in [5.41, 5.74) is 2.50. The highest BCUT2D eigenvalue weighted by Gasteiger charge is 2.21. The fourth-order valence-electron chi connectivity index (χ4n) is 2.26. The summed E-state index contributed by atoms with van der Waals surface area (Å²) < 4.78 is 5.29. The van der Waals surface area contributed by atoms with Crippen molar-refractivity contribution in [3.05, 3.63) is 41.6 Å². The van der Waals surface area contributed by atoms with Crippen molar-refractivity contribution < 1.29 is 9.32 Å². The predicted molar refractivity (Wildman–Crippen MR) is 75.4 cm³/mol. The summed E-state index contributed by atoms with van der Waals surface area (Å²) in [5, 5.41) is 7.12. The molecule has 1 saturated heterocycles. The maximum absolute atomic E-state index is 12.3. The molecule has 1 N–H and O–H groups in total. The van der Waals surface area contributed by atoms with Gasteiger partial charge in [0, 0.05) is 37.8 Å². The number of amides is 1. The van der Waals surface area contributed by atoms with E-state index in [1.165, 1.54) is 5.56 Å². The topological polar surface area (TPSA) is 58.4 Å². The molecule has 0 bridgehead atoms. The maximum Gasteiger partial charge on any atom is 0.276 e. The van der Waals surface area contributed by atoms with Gasteiger partial charge in [-0.05, 0) is 6.92 Å². The molecule has 3 rings (SSSR count). The van der Waals surface area contributed by atoms with Gasteiger partial charge in [0.2, 0.25) is 0 Å². The number of nitrogens with one attached hydrogen (secondary N) is 1. The molecule has 0 unspecified atom stereocenters. The van der Waals surface area contributed by atoms with Crippen molar-refractivity contribution in [2.75, 3.05) is 26.2 Å². The lowest BCUT2D eigenvalue weighted by Gasteiger charge is -2.26. The van der Waals surface area contributed by atoms with E-state index in [0.29, 0.717) is 24.5 Å². The number of aryl methyl sites for hydroxylation is 1. The zero-order valence-corrected chi connectivity index (χ0v) is 11.4. The molecule has 2 heterocycles. The van der Waals surface area contributed by atoms with Crippen LogP contribution in [0.4, 0.5) is 0 Å². The Kier molecular flexibility index (Phi) is 3.52. The Hall–Kier alpha value is -2.14. The quantitative estimate of drug-likeness (QED) is 0.903. The molecule has 1 amide bonds. The highest BCUT2D eigenvalue weighted by Crippen LogP contribution is 2.21. The number of benzene rings is 1. The fraction of sp³-hybridized carbons (Fsp3) is 0.333. The molecule has 1 aliphatic rings. The van der Waals surface area contributed by atoms with Crippen LogP contribution in [0.3, 0.4) is 0 Å². The number of aromatic nitrogens is 1. The minimum Gasteiger partial charge on any atom is -0.355 e. The van der Waals surface area contributed by atoms with Crippen LogP contribution in [0.25, 0.3) is 11.3 Å². The molecule has 0 aliphatic carbocycles. The SMILES string of the molecule is Cc1ccc(-c2cc(C(=O)N3CCNCC3)no2)cc1. The van der Waals surface area contributed by atoms with Crippen LogP contribution in [0.15, 0.2) is 34.9 Å². The van der Waals surface area contributed by atoms with Crippen LogP contribution in [-0.2, 0) is 0 Å². The highest BCUT2D eigenvalue weighted by atomic mass is 16.5. The molecule has 1 aromatic carbocycles. The van der Waals surface area contributed by atoms with Crippen molar-refractivity contribution in [3.63, 3.8) is 0 Å². The smallest absolute Gasteiger partial charge is 0.276 e. The van der Waals surface area contributed by atoms with Crippen LogP contribution >= 0.6 is 0 Å². The zero-order valence-electron chi connectivity index (χ0n) is 11.4. The molecular weight excluding hydrogens is 254 g/mol. The van der Waals surface area contributed by atoms with Crippen LogP contribution in [-0.4, -0.2) is 42.1 Å². The number of nitrogens with zero attached hydrogens (tertiary/aromatic N) is 2. The van der Waals surface area contributed by atoms with Crippen LogP contribution in [0.1, 0.15) is 16.1 Å². The van der Waals surface area contributed by atoms with Crippen molar-refractivity contribution in [3.8, 4) is 11.3 Å². The molecular formula is C15H17N3O2. The molecule has 2 aromatic rings. The van der Waals surface area contributed by atoms with Crippen molar-refractivity contribution in [1.82, 2.24) is 15.4 Å². The lowest BCUT2D eigenvalue weighted by atomic mass is 10.1. The van der Waals surface area contributed by atoms with Crippen molar-refractivity contribution in [2.45, 2.75) is 6.92 Å². The van der Waals surface area contributed by atoms with Crippen molar-refractivity contribution >= 4 is 5.91 Å². The summed E-state index contributed by atoms with van der Waals surface area (Å²) in [7, 11) is 0. The molecule has 0 saturated carbocycles. The second-order valence-corrected chi connectivity index (χ2v) is 4.98. The third-order valence-electron chi connectivity index (χ3n) is 3.47. The summed E-state index contributed by atoms with van der Waals surface area (Å²) in [6, 6.07) is 9.67. The van der Waals surface area contributed by atoms with Gasteiger partial charge in [-0.2, -0.15) is 0 Å². The molecule has 1 fully saturated rings. The Morgan fingerprint density at radius 1 is 1.25 bits per heavy atom. The molecule has 1 aromatic heterocycles. The largest absolute Gasteiger partial charge is 0.355 e. The van der Waals surface area contributed by atoms with E-state index in [2.05, 4.69) is 10.5 Å². The fourth-order valence-corrected chi connectivity index (χ4v) is 2.26. The number of piperazine rings is 1. The zero-order chi connectivity index (χ0) is 13.9. The van der Waals surface area contributed by atoms with E-state index in [1.54, 1.807) is 11.0 Å². The maximum atomic E-state index is 12.3. The first-order chi connectivity index (χ1) is 9.74. The molecule has 5 nitrogen and oxygen atoms in total. The second kappa shape index (κ2) is 5.46. The lowest BCUT2D eigenvalue weighted by Crippen LogP contribution is -2.46. The molecule has 20 heavy (non-hydrogen) atoms. The minimum absolute atomic E-state index is 0.0615. The first kappa shape index (κ1) is 12.9. The average Bonchev–Trinajstić information content (AvgIpc) is 2.98. The molecule has 0 spiro atoms. The summed E-state index contributed by atoms with van der Waals surface area (Å²) in [6.07, 6.45) is 0. The van der Waals surface area contributed by atoms with E-state index >= 15 is 0 Å².